The summed E-state index contributed by atoms with van der Waals surface area (Å²) in [5.41, 5.74) is 0.424. The van der Waals surface area contributed by atoms with Crippen molar-refractivity contribution in [3.05, 3.63) is 0 Å². The monoisotopic (exact) mass is 305 g/mol. The molecule has 0 N–H and O–H groups in total. The molecule has 0 aromatic heterocycles. The highest BCUT2D eigenvalue weighted by molar-refractivity contribution is 9.09. The van der Waals surface area contributed by atoms with Gasteiger partial charge in [0.1, 0.15) is 0 Å². The van der Waals surface area contributed by atoms with Crippen LogP contribution >= 0.6 is 15.9 Å². The van der Waals surface area contributed by atoms with E-state index in [1.165, 1.54) is 19.4 Å². The Balaban J connectivity index is 1.88. The van der Waals surface area contributed by atoms with Gasteiger partial charge in [-0.3, -0.25) is 4.90 Å². The molecule has 0 saturated carbocycles. The third-order valence-electron chi connectivity index (χ3n) is 4.07. The van der Waals surface area contributed by atoms with Crippen LogP contribution in [0.3, 0.4) is 0 Å². The van der Waals surface area contributed by atoms with Crippen LogP contribution in [0.2, 0.25) is 0 Å². The van der Waals surface area contributed by atoms with Crippen molar-refractivity contribution < 1.29 is 9.47 Å². The Morgan fingerprint density at radius 2 is 2.06 bits per heavy atom. The van der Waals surface area contributed by atoms with Crippen LogP contribution in [0.4, 0.5) is 0 Å². The SMILES string of the molecule is CCC1CN(CC2(CBr)CCOCC2)CCO1. The minimum atomic E-state index is 0.424. The van der Waals surface area contributed by atoms with Gasteiger partial charge in [-0.25, -0.2) is 0 Å². The van der Waals surface area contributed by atoms with Crippen molar-refractivity contribution in [3.8, 4) is 0 Å². The van der Waals surface area contributed by atoms with Gasteiger partial charge < -0.3 is 9.47 Å². The van der Waals surface area contributed by atoms with Gasteiger partial charge in [-0.2, -0.15) is 0 Å². The fourth-order valence-electron chi connectivity index (χ4n) is 2.78. The highest BCUT2D eigenvalue weighted by Gasteiger charge is 2.34. The van der Waals surface area contributed by atoms with Gasteiger partial charge >= 0.3 is 0 Å². The molecule has 1 atom stereocenters. The van der Waals surface area contributed by atoms with E-state index in [1.807, 2.05) is 0 Å². The molecule has 3 nitrogen and oxygen atoms in total. The summed E-state index contributed by atoms with van der Waals surface area (Å²) in [6.45, 7) is 8.34. The predicted molar refractivity (Wildman–Crippen MR) is 72.8 cm³/mol. The summed E-state index contributed by atoms with van der Waals surface area (Å²) in [5, 5.41) is 1.09. The zero-order valence-electron chi connectivity index (χ0n) is 10.8. The van der Waals surface area contributed by atoms with E-state index in [0.29, 0.717) is 11.5 Å². The first-order valence-corrected chi connectivity index (χ1v) is 7.88. The topological polar surface area (TPSA) is 21.7 Å². The molecule has 2 saturated heterocycles. The third kappa shape index (κ3) is 3.66. The van der Waals surface area contributed by atoms with E-state index in [9.17, 15) is 0 Å². The standard InChI is InChI=1S/C13H24BrNO2/c1-2-12-9-15(5-8-17-12)11-13(10-14)3-6-16-7-4-13/h12H,2-11H2,1H3. The molecule has 4 heteroatoms. The zero-order valence-corrected chi connectivity index (χ0v) is 12.4. The van der Waals surface area contributed by atoms with Crippen molar-refractivity contribution in [2.24, 2.45) is 5.41 Å². The molecule has 0 aromatic carbocycles. The van der Waals surface area contributed by atoms with E-state index in [-0.39, 0.29) is 0 Å². The van der Waals surface area contributed by atoms with Gasteiger partial charge in [0.15, 0.2) is 0 Å². The normalized spacial score (nSPS) is 30.4. The van der Waals surface area contributed by atoms with E-state index in [1.54, 1.807) is 0 Å². The molecule has 1 unspecified atom stereocenters. The Hall–Kier alpha value is 0.360. The Bertz CT molecular complexity index is 231. The molecule has 0 aromatic rings. The van der Waals surface area contributed by atoms with Crippen molar-refractivity contribution in [2.75, 3.05) is 44.8 Å². The van der Waals surface area contributed by atoms with Gasteiger partial charge in [0.05, 0.1) is 12.7 Å². The highest BCUT2D eigenvalue weighted by Crippen LogP contribution is 2.34. The summed E-state index contributed by atoms with van der Waals surface area (Å²) in [6, 6.07) is 0. The lowest BCUT2D eigenvalue weighted by Gasteiger charge is -2.42. The smallest absolute Gasteiger partial charge is 0.0700 e. The minimum Gasteiger partial charge on any atom is -0.381 e. The second-order valence-corrected chi connectivity index (χ2v) is 5.94. The second kappa shape index (κ2) is 6.50. The van der Waals surface area contributed by atoms with Crippen molar-refractivity contribution >= 4 is 15.9 Å². The average Bonchev–Trinajstić information content (AvgIpc) is 2.40. The Morgan fingerprint density at radius 3 is 2.71 bits per heavy atom. The molecular weight excluding hydrogens is 282 g/mol. The minimum absolute atomic E-state index is 0.424. The molecule has 2 heterocycles. The Labute approximate surface area is 113 Å². The van der Waals surface area contributed by atoms with Crippen LogP contribution in [0, 0.1) is 5.41 Å². The summed E-state index contributed by atoms with van der Waals surface area (Å²) >= 11 is 3.71. The van der Waals surface area contributed by atoms with Crippen LogP contribution in [0.1, 0.15) is 26.2 Å². The molecule has 0 spiro atoms. The van der Waals surface area contributed by atoms with Gasteiger partial charge in [-0.15, -0.1) is 0 Å². The maximum absolute atomic E-state index is 5.74. The molecule has 0 aliphatic carbocycles. The van der Waals surface area contributed by atoms with Gasteiger partial charge in [-0.1, -0.05) is 22.9 Å². The van der Waals surface area contributed by atoms with Crippen LogP contribution in [0.25, 0.3) is 0 Å². The summed E-state index contributed by atoms with van der Waals surface area (Å²) in [4.78, 5) is 2.59. The van der Waals surface area contributed by atoms with E-state index in [0.717, 1.165) is 44.7 Å². The van der Waals surface area contributed by atoms with Crippen molar-refractivity contribution in [2.45, 2.75) is 32.3 Å². The molecule has 0 amide bonds. The number of halogens is 1. The van der Waals surface area contributed by atoms with Crippen LogP contribution in [-0.4, -0.2) is 55.8 Å². The largest absolute Gasteiger partial charge is 0.381 e. The van der Waals surface area contributed by atoms with Crippen molar-refractivity contribution in [3.63, 3.8) is 0 Å². The fraction of sp³-hybridized carbons (Fsp3) is 1.00. The van der Waals surface area contributed by atoms with E-state index < -0.39 is 0 Å². The number of morpholine rings is 1. The van der Waals surface area contributed by atoms with Crippen molar-refractivity contribution in [1.29, 1.82) is 0 Å². The highest BCUT2D eigenvalue weighted by atomic mass is 79.9. The second-order valence-electron chi connectivity index (χ2n) is 5.38. The molecule has 2 aliphatic heterocycles. The molecule has 2 aliphatic rings. The van der Waals surface area contributed by atoms with Gasteiger partial charge in [-0.05, 0) is 24.7 Å². The molecule has 2 fully saturated rings. The number of ether oxygens (including phenoxy) is 2. The first-order valence-electron chi connectivity index (χ1n) is 6.76. The molecular formula is C13H24BrNO2. The number of alkyl halides is 1. The van der Waals surface area contributed by atoms with Crippen molar-refractivity contribution in [1.82, 2.24) is 4.90 Å². The Kier molecular flexibility index (Phi) is 5.27. The fourth-order valence-corrected chi connectivity index (χ4v) is 3.52. The summed E-state index contributed by atoms with van der Waals surface area (Å²) in [5.74, 6) is 0. The van der Waals surface area contributed by atoms with Crippen LogP contribution in [0.15, 0.2) is 0 Å². The van der Waals surface area contributed by atoms with E-state index in [2.05, 4.69) is 27.8 Å². The van der Waals surface area contributed by atoms with Crippen LogP contribution < -0.4 is 0 Å². The quantitative estimate of drug-likeness (QED) is 0.744. The zero-order chi connectivity index (χ0) is 12.1. The molecule has 0 bridgehead atoms. The molecule has 17 heavy (non-hydrogen) atoms. The maximum atomic E-state index is 5.74. The number of nitrogens with zero attached hydrogens (tertiary/aromatic N) is 1. The van der Waals surface area contributed by atoms with Gasteiger partial charge in [0.25, 0.3) is 0 Å². The predicted octanol–water partition coefficient (Wildman–Crippen LogP) is 2.29. The number of hydrogen-bond acceptors (Lipinski definition) is 3. The molecule has 100 valence electrons. The lowest BCUT2D eigenvalue weighted by molar-refractivity contribution is -0.0550. The lowest BCUT2D eigenvalue weighted by Crippen LogP contribution is -2.49. The summed E-state index contributed by atoms with van der Waals surface area (Å²) in [6.07, 6.45) is 3.94. The Morgan fingerprint density at radius 1 is 1.29 bits per heavy atom. The summed E-state index contributed by atoms with van der Waals surface area (Å²) in [7, 11) is 0. The number of hydrogen-bond donors (Lipinski definition) is 0. The van der Waals surface area contributed by atoms with E-state index >= 15 is 0 Å². The third-order valence-corrected chi connectivity index (χ3v) is 5.26. The maximum Gasteiger partial charge on any atom is 0.0700 e. The van der Waals surface area contributed by atoms with Crippen LogP contribution in [-0.2, 0) is 9.47 Å². The average molecular weight is 306 g/mol. The number of rotatable bonds is 4. The lowest BCUT2D eigenvalue weighted by atomic mass is 9.81. The molecule has 2 rings (SSSR count). The molecule has 0 radical (unpaired) electrons. The van der Waals surface area contributed by atoms with Crippen LogP contribution in [0.5, 0.6) is 0 Å². The summed E-state index contributed by atoms with van der Waals surface area (Å²) < 4.78 is 11.2. The van der Waals surface area contributed by atoms with Gasteiger partial charge in [0, 0.05) is 38.2 Å². The first kappa shape index (κ1) is 13.8. The van der Waals surface area contributed by atoms with Gasteiger partial charge in [0.2, 0.25) is 0 Å². The first-order chi connectivity index (χ1) is 8.28. The van der Waals surface area contributed by atoms with E-state index in [4.69, 9.17) is 9.47 Å².